The second-order valence-corrected chi connectivity index (χ2v) is 9.28. The molecule has 0 saturated carbocycles. The van der Waals surface area contributed by atoms with Crippen molar-refractivity contribution >= 4 is 5.91 Å². The summed E-state index contributed by atoms with van der Waals surface area (Å²) in [5.74, 6) is 1.61. The molecule has 0 radical (unpaired) electrons. The van der Waals surface area contributed by atoms with E-state index in [9.17, 15) is 4.79 Å². The molecule has 1 aromatic heterocycles. The van der Waals surface area contributed by atoms with Crippen LogP contribution in [-0.4, -0.2) is 53.5 Å². The predicted molar refractivity (Wildman–Crippen MR) is 118 cm³/mol. The smallest absolute Gasteiger partial charge is 0.272 e. The van der Waals surface area contributed by atoms with Gasteiger partial charge in [-0.2, -0.15) is 0 Å². The summed E-state index contributed by atoms with van der Waals surface area (Å²) >= 11 is 0. The van der Waals surface area contributed by atoms with Crippen LogP contribution in [0.3, 0.4) is 0 Å². The number of likely N-dealkylation sites (tertiary alicyclic amines) is 2. The summed E-state index contributed by atoms with van der Waals surface area (Å²) in [5, 5.41) is 0. The van der Waals surface area contributed by atoms with Gasteiger partial charge in [0.15, 0.2) is 0 Å². The molecular formula is C25H33N3O2. The molecule has 160 valence electrons. The number of pyridine rings is 1. The number of rotatable bonds is 6. The standard InChI is InChI=1S/C25H33N3O2/c1-20(2)18-30-23-9-4-3-7-21(23)17-27-14-10-25(11-15-27)12-16-28(19-25)24(29)22-8-5-6-13-26-22/h3-9,13,20H,10-12,14-19H2,1-2H3. The van der Waals surface area contributed by atoms with Gasteiger partial charge in [0.05, 0.1) is 6.61 Å². The molecule has 0 N–H and O–H groups in total. The van der Waals surface area contributed by atoms with Crippen molar-refractivity contribution in [3.8, 4) is 5.75 Å². The van der Waals surface area contributed by atoms with Gasteiger partial charge < -0.3 is 9.64 Å². The average Bonchev–Trinajstić information content (AvgIpc) is 3.18. The first kappa shape index (κ1) is 20.9. The summed E-state index contributed by atoms with van der Waals surface area (Å²) in [4.78, 5) is 21.5. The maximum Gasteiger partial charge on any atom is 0.272 e. The van der Waals surface area contributed by atoms with Crippen LogP contribution in [0.4, 0.5) is 0 Å². The van der Waals surface area contributed by atoms with Crippen molar-refractivity contribution in [1.82, 2.24) is 14.8 Å². The van der Waals surface area contributed by atoms with Gasteiger partial charge in [-0.15, -0.1) is 0 Å². The molecule has 1 spiro atoms. The highest BCUT2D eigenvalue weighted by Crippen LogP contribution is 2.41. The van der Waals surface area contributed by atoms with Crippen LogP contribution in [0.25, 0.3) is 0 Å². The van der Waals surface area contributed by atoms with Crippen LogP contribution < -0.4 is 4.74 Å². The summed E-state index contributed by atoms with van der Waals surface area (Å²) in [5.41, 5.74) is 2.10. The highest BCUT2D eigenvalue weighted by Gasteiger charge is 2.42. The maximum absolute atomic E-state index is 12.8. The molecule has 2 aliphatic rings. The maximum atomic E-state index is 12.8. The molecule has 30 heavy (non-hydrogen) atoms. The van der Waals surface area contributed by atoms with Crippen molar-refractivity contribution in [1.29, 1.82) is 0 Å². The predicted octanol–water partition coefficient (Wildman–Crippen LogP) is 4.24. The van der Waals surface area contributed by atoms with Crippen LogP contribution >= 0.6 is 0 Å². The number of carbonyl (C=O) groups is 1. The highest BCUT2D eigenvalue weighted by molar-refractivity contribution is 5.92. The minimum Gasteiger partial charge on any atom is -0.493 e. The average molecular weight is 408 g/mol. The number of amides is 1. The molecular weight excluding hydrogens is 374 g/mol. The summed E-state index contributed by atoms with van der Waals surface area (Å²) in [7, 11) is 0. The van der Waals surface area contributed by atoms with Crippen molar-refractivity contribution in [3.63, 3.8) is 0 Å². The Balaban J connectivity index is 1.32. The van der Waals surface area contributed by atoms with E-state index in [0.29, 0.717) is 11.6 Å². The molecule has 2 saturated heterocycles. The van der Waals surface area contributed by atoms with Gasteiger partial charge in [0.1, 0.15) is 11.4 Å². The van der Waals surface area contributed by atoms with E-state index in [0.717, 1.165) is 64.3 Å². The van der Waals surface area contributed by atoms with Crippen molar-refractivity contribution in [2.45, 2.75) is 39.7 Å². The van der Waals surface area contributed by atoms with Crippen LogP contribution in [0.5, 0.6) is 5.75 Å². The second-order valence-electron chi connectivity index (χ2n) is 9.28. The highest BCUT2D eigenvalue weighted by atomic mass is 16.5. The van der Waals surface area contributed by atoms with Gasteiger partial charge in [-0.1, -0.05) is 38.1 Å². The van der Waals surface area contributed by atoms with Gasteiger partial charge in [-0.3, -0.25) is 14.7 Å². The van der Waals surface area contributed by atoms with E-state index in [1.54, 1.807) is 6.20 Å². The summed E-state index contributed by atoms with van der Waals surface area (Å²) in [6, 6.07) is 14.0. The van der Waals surface area contributed by atoms with Gasteiger partial charge in [0.25, 0.3) is 5.91 Å². The van der Waals surface area contributed by atoms with Gasteiger partial charge in [0, 0.05) is 31.4 Å². The number of ether oxygens (including phenoxy) is 1. The minimum atomic E-state index is 0.0751. The number of hydrogen-bond acceptors (Lipinski definition) is 4. The fourth-order valence-electron chi connectivity index (χ4n) is 4.63. The zero-order chi connectivity index (χ0) is 21.0. The van der Waals surface area contributed by atoms with E-state index in [1.165, 1.54) is 5.56 Å². The SMILES string of the molecule is CC(C)COc1ccccc1CN1CCC2(CC1)CCN(C(=O)c1ccccn1)C2. The van der Waals surface area contributed by atoms with Crippen molar-refractivity contribution in [3.05, 3.63) is 59.9 Å². The van der Waals surface area contributed by atoms with E-state index in [2.05, 4.69) is 48.0 Å². The molecule has 0 unspecified atom stereocenters. The van der Waals surface area contributed by atoms with E-state index >= 15 is 0 Å². The Kier molecular flexibility index (Phi) is 6.38. The van der Waals surface area contributed by atoms with E-state index in [-0.39, 0.29) is 11.3 Å². The van der Waals surface area contributed by atoms with E-state index in [1.807, 2.05) is 23.1 Å². The zero-order valence-corrected chi connectivity index (χ0v) is 18.2. The Morgan fingerprint density at radius 2 is 1.80 bits per heavy atom. The molecule has 2 aliphatic heterocycles. The third-order valence-corrected chi connectivity index (χ3v) is 6.46. The third kappa shape index (κ3) is 4.84. The van der Waals surface area contributed by atoms with Crippen LogP contribution in [0.1, 0.15) is 49.2 Å². The van der Waals surface area contributed by atoms with E-state index < -0.39 is 0 Å². The number of para-hydroxylation sites is 1. The number of benzene rings is 1. The Hall–Kier alpha value is -2.40. The summed E-state index contributed by atoms with van der Waals surface area (Å²) in [6.45, 7) is 9.90. The largest absolute Gasteiger partial charge is 0.493 e. The summed E-state index contributed by atoms with van der Waals surface area (Å²) in [6.07, 6.45) is 5.09. The number of aromatic nitrogens is 1. The molecule has 1 aromatic carbocycles. The monoisotopic (exact) mass is 407 g/mol. The fraction of sp³-hybridized carbons (Fsp3) is 0.520. The Morgan fingerprint density at radius 1 is 1.07 bits per heavy atom. The normalized spacial score (nSPS) is 18.8. The molecule has 0 aliphatic carbocycles. The first-order valence-corrected chi connectivity index (χ1v) is 11.2. The molecule has 2 fully saturated rings. The Bertz CT molecular complexity index is 844. The molecule has 5 nitrogen and oxygen atoms in total. The first-order chi connectivity index (χ1) is 14.5. The lowest BCUT2D eigenvalue weighted by molar-refractivity contribution is 0.0707. The lowest BCUT2D eigenvalue weighted by atomic mass is 9.77. The van der Waals surface area contributed by atoms with Gasteiger partial charge >= 0.3 is 0 Å². The van der Waals surface area contributed by atoms with Crippen LogP contribution in [0, 0.1) is 11.3 Å². The molecule has 0 atom stereocenters. The lowest BCUT2D eigenvalue weighted by Gasteiger charge is -2.39. The molecule has 1 amide bonds. The van der Waals surface area contributed by atoms with Crippen LogP contribution in [-0.2, 0) is 6.54 Å². The topological polar surface area (TPSA) is 45.7 Å². The van der Waals surface area contributed by atoms with Gasteiger partial charge in [-0.05, 0) is 61.9 Å². The third-order valence-electron chi connectivity index (χ3n) is 6.46. The number of nitrogens with zero attached hydrogens (tertiary/aromatic N) is 3. The Morgan fingerprint density at radius 3 is 2.53 bits per heavy atom. The first-order valence-electron chi connectivity index (χ1n) is 11.2. The van der Waals surface area contributed by atoms with Crippen LogP contribution in [0.15, 0.2) is 48.7 Å². The zero-order valence-electron chi connectivity index (χ0n) is 18.2. The molecule has 5 heteroatoms. The summed E-state index contributed by atoms with van der Waals surface area (Å²) < 4.78 is 6.04. The molecule has 0 bridgehead atoms. The minimum absolute atomic E-state index is 0.0751. The van der Waals surface area contributed by atoms with Crippen molar-refractivity contribution in [2.24, 2.45) is 11.3 Å². The quantitative estimate of drug-likeness (QED) is 0.718. The molecule has 4 rings (SSSR count). The lowest BCUT2D eigenvalue weighted by Crippen LogP contribution is -2.42. The second kappa shape index (κ2) is 9.17. The number of carbonyl (C=O) groups excluding carboxylic acids is 1. The Labute approximate surface area is 180 Å². The van der Waals surface area contributed by atoms with Gasteiger partial charge in [-0.25, -0.2) is 0 Å². The van der Waals surface area contributed by atoms with Crippen molar-refractivity contribution < 1.29 is 9.53 Å². The van der Waals surface area contributed by atoms with Gasteiger partial charge in [0.2, 0.25) is 0 Å². The number of piperidine rings is 1. The molecule has 3 heterocycles. The molecule has 2 aromatic rings. The van der Waals surface area contributed by atoms with E-state index in [4.69, 9.17) is 4.74 Å². The van der Waals surface area contributed by atoms with Crippen molar-refractivity contribution in [2.75, 3.05) is 32.8 Å². The number of hydrogen-bond donors (Lipinski definition) is 0. The fourth-order valence-corrected chi connectivity index (χ4v) is 4.63. The van der Waals surface area contributed by atoms with Crippen LogP contribution in [0.2, 0.25) is 0 Å².